The number of pyridine rings is 1. The Morgan fingerprint density at radius 3 is 2.55 bits per heavy atom. The number of aromatic nitrogens is 2. The molecule has 2 aromatic heterocycles. The summed E-state index contributed by atoms with van der Waals surface area (Å²) >= 11 is 1.37. The van der Waals surface area contributed by atoms with E-state index in [0.717, 1.165) is 22.5 Å². The van der Waals surface area contributed by atoms with E-state index >= 15 is 0 Å². The molecule has 2 aliphatic rings. The summed E-state index contributed by atoms with van der Waals surface area (Å²) in [7, 11) is 0. The minimum Gasteiger partial charge on any atom is -0.320 e. The van der Waals surface area contributed by atoms with Crippen molar-refractivity contribution in [1.82, 2.24) is 9.55 Å². The summed E-state index contributed by atoms with van der Waals surface area (Å²) in [5.74, 6) is 0. The van der Waals surface area contributed by atoms with Gasteiger partial charge in [-0.25, -0.2) is 4.99 Å². The third kappa shape index (κ3) is 3.17. The molecule has 2 aliphatic heterocycles. The Hall–Kier alpha value is -2.87. The largest absolute Gasteiger partial charge is 0.320 e. The molecule has 0 amide bonds. The second-order valence-electron chi connectivity index (χ2n) is 6.96. The number of allylic oxidation sites excluding steroid dienone is 1. The van der Waals surface area contributed by atoms with Crippen molar-refractivity contribution in [2.45, 2.75) is 32.5 Å². The van der Waals surface area contributed by atoms with Crippen LogP contribution in [0.25, 0.3) is 6.08 Å². The minimum absolute atomic E-state index is 0.0920. The van der Waals surface area contributed by atoms with Crippen molar-refractivity contribution in [2.75, 3.05) is 0 Å². The van der Waals surface area contributed by atoms with Crippen molar-refractivity contribution >= 4 is 17.4 Å². The fraction of sp³-hybridized carbons (Fsp3) is 0.227. The van der Waals surface area contributed by atoms with Crippen molar-refractivity contribution in [1.29, 1.82) is 0 Å². The van der Waals surface area contributed by atoms with Crippen LogP contribution in [0.1, 0.15) is 31.1 Å². The van der Waals surface area contributed by atoms with E-state index in [1.165, 1.54) is 11.3 Å². The first-order chi connectivity index (χ1) is 14.1. The smallest absolute Gasteiger partial charge is 0.271 e. The van der Waals surface area contributed by atoms with Crippen molar-refractivity contribution in [3.05, 3.63) is 96.9 Å². The molecule has 6 nitrogen and oxygen atoms in total. The lowest BCUT2D eigenvalue weighted by atomic mass is 9.95. The van der Waals surface area contributed by atoms with Crippen molar-refractivity contribution in [3.8, 4) is 0 Å². The van der Waals surface area contributed by atoms with Crippen LogP contribution in [0.15, 0.2) is 75.8 Å². The van der Waals surface area contributed by atoms with Crippen LogP contribution in [-0.2, 0) is 9.47 Å². The number of benzene rings is 1. The van der Waals surface area contributed by atoms with Crippen LogP contribution in [0.5, 0.6) is 0 Å². The highest BCUT2D eigenvalue weighted by Gasteiger charge is 2.39. The molecular weight excluding hydrogens is 386 g/mol. The Kier molecular flexibility index (Phi) is 4.50. The van der Waals surface area contributed by atoms with Crippen LogP contribution in [-0.4, -0.2) is 22.1 Å². The van der Waals surface area contributed by atoms with Gasteiger partial charge in [-0.1, -0.05) is 47.7 Å². The van der Waals surface area contributed by atoms with Crippen LogP contribution in [0, 0.1) is 0 Å². The molecule has 29 heavy (non-hydrogen) atoms. The van der Waals surface area contributed by atoms with Crippen LogP contribution >= 0.6 is 11.3 Å². The number of rotatable bonds is 3. The molecule has 3 aromatic rings. The highest BCUT2D eigenvalue weighted by atomic mass is 32.1. The topological polar surface area (TPSA) is 65.7 Å². The summed E-state index contributed by atoms with van der Waals surface area (Å²) in [5.41, 5.74) is 3.33. The average molecular weight is 405 g/mol. The number of ether oxygens (including phenoxy) is 2. The van der Waals surface area contributed by atoms with Gasteiger partial charge >= 0.3 is 0 Å². The molecule has 1 unspecified atom stereocenters. The Labute approximate surface area is 171 Å². The van der Waals surface area contributed by atoms with Gasteiger partial charge in [0.2, 0.25) is 0 Å². The Morgan fingerprint density at radius 1 is 1.10 bits per heavy atom. The van der Waals surface area contributed by atoms with E-state index in [1.807, 2.05) is 68.5 Å². The van der Waals surface area contributed by atoms with Crippen molar-refractivity contribution < 1.29 is 9.47 Å². The van der Waals surface area contributed by atoms with E-state index in [1.54, 1.807) is 10.8 Å². The first kappa shape index (κ1) is 18.2. The average Bonchev–Trinajstić information content (AvgIpc) is 3.01. The zero-order chi connectivity index (χ0) is 20.0. The highest BCUT2D eigenvalue weighted by molar-refractivity contribution is 7.07. The van der Waals surface area contributed by atoms with Gasteiger partial charge in [0, 0.05) is 17.5 Å². The SMILES string of the molecule is CC1=C(C2OC(C)O2)C(c2ccccc2)n2c(s/c(=C\c3ccccn3)c2=O)=N1. The molecule has 1 atom stereocenters. The predicted octanol–water partition coefficient (Wildman–Crippen LogP) is 2.35. The van der Waals surface area contributed by atoms with Gasteiger partial charge in [-0.2, -0.15) is 0 Å². The van der Waals surface area contributed by atoms with Crippen LogP contribution in [0.2, 0.25) is 0 Å². The molecular formula is C22H19N3O3S. The number of hydrogen-bond donors (Lipinski definition) is 0. The van der Waals surface area contributed by atoms with Gasteiger partial charge in [0.15, 0.2) is 17.4 Å². The van der Waals surface area contributed by atoms with Gasteiger partial charge < -0.3 is 9.47 Å². The molecule has 0 N–H and O–H groups in total. The summed E-state index contributed by atoms with van der Waals surface area (Å²) in [6, 6.07) is 15.2. The van der Waals surface area contributed by atoms with E-state index < -0.39 is 6.29 Å². The first-order valence-corrected chi connectivity index (χ1v) is 10.2. The number of hydrogen-bond acceptors (Lipinski definition) is 6. The summed E-state index contributed by atoms with van der Waals surface area (Å²) in [6.07, 6.45) is 2.76. The molecule has 1 saturated heterocycles. The number of nitrogens with zero attached hydrogens (tertiary/aromatic N) is 3. The van der Waals surface area contributed by atoms with Crippen LogP contribution in [0.3, 0.4) is 0 Å². The molecule has 4 heterocycles. The van der Waals surface area contributed by atoms with Gasteiger partial charge in [-0.3, -0.25) is 14.3 Å². The molecule has 0 bridgehead atoms. The maximum absolute atomic E-state index is 13.4. The molecule has 7 heteroatoms. The maximum Gasteiger partial charge on any atom is 0.271 e. The van der Waals surface area contributed by atoms with Crippen LogP contribution < -0.4 is 14.9 Å². The van der Waals surface area contributed by atoms with Gasteiger partial charge in [0.1, 0.15) is 0 Å². The zero-order valence-corrected chi connectivity index (χ0v) is 16.8. The van der Waals surface area contributed by atoms with E-state index in [4.69, 9.17) is 14.5 Å². The first-order valence-electron chi connectivity index (χ1n) is 9.41. The van der Waals surface area contributed by atoms with Crippen molar-refractivity contribution in [3.63, 3.8) is 0 Å². The summed E-state index contributed by atoms with van der Waals surface area (Å²) < 4.78 is 13.9. The monoisotopic (exact) mass is 405 g/mol. The quantitative estimate of drug-likeness (QED) is 0.671. The fourth-order valence-corrected chi connectivity index (χ4v) is 4.73. The van der Waals surface area contributed by atoms with Gasteiger partial charge in [0.05, 0.1) is 16.3 Å². The molecule has 0 saturated carbocycles. The van der Waals surface area contributed by atoms with E-state index in [9.17, 15) is 4.79 Å². The molecule has 0 aliphatic carbocycles. The van der Waals surface area contributed by atoms with Crippen molar-refractivity contribution in [2.24, 2.45) is 4.99 Å². The molecule has 1 aromatic carbocycles. The van der Waals surface area contributed by atoms with Gasteiger partial charge in [0.25, 0.3) is 5.56 Å². The zero-order valence-electron chi connectivity index (χ0n) is 16.0. The minimum atomic E-state index is -0.498. The summed E-state index contributed by atoms with van der Waals surface area (Å²) in [6.45, 7) is 3.79. The number of thiazole rings is 1. The molecule has 1 fully saturated rings. The van der Waals surface area contributed by atoms with Gasteiger partial charge in [-0.05, 0) is 37.6 Å². The molecule has 0 radical (unpaired) electrons. The summed E-state index contributed by atoms with van der Waals surface area (Å²) in [4.78, 5) is 23.1. The normalized spacial score (nSPS) is 24.1. The lowest BCUT2D eigenvalue weighted by molar-refractivity contribution is -0.361. The Bertz CT molecular complexity index is 1260. The lowest BCUT2D eigenvalue weighted by Gasteiger charge is -2.39. The summed E-state index contributed by atoms with van der Waals surface area (Å²) in [5, 5.41) is 0. The Balaban J connectivity index is 1.72. The lowest BCUT2D eigenvalue weighted by Crippen LogP contribution is -2.47. The van der Waals surface area contributed by atoms with Gasteiger partial charge in [-0.15, -0.1) is 0 Å². The second kappa shape index (κ2) is 7.18. The maximum atomic E-state index is 13.4. The predicted molar refractivity (Wildman–Crippen MR) is 110 cm³/mol. The number of fused-ring (bicyclic) bond motifs is 1. The van der Waals surface area contributed by atoms with E-state index in [2.05, 4.69) is 4.98 Å². The van der Waals surface area contributed by atoms with E-state index in [0.29, 0.717) is 9.33 Å². The highest BCUT2D eigenvalue weighted by Crippen LogP contribution is 2.37. The fourth-order valence-electron chi connectivity index (χ4n) is 3.70. The van der Waals surface area contributed by atoms with Crippen LogP contribution in [0.4, 0.5) is 0 Å². The molecule has 0 spiro atoms. The molecule has 146 valence electrons. The third-order valence-corrected chi connectivity index (χ3v) is 6.02. The standard InChI is InChI=1S/C22H19N3O3S/c1-13-18(21-27-14(2)28-21)19(15-8-4-3-5-9-15)25-20(26)17(29-22(25)24-13)12-16-10-6-7-11-23-16/h3-12,14,19,21H,1-2H3/b17-12-. The Morgan fingerprint density at radius 2 is 1.86 bits per heavy atom. The molecule has 5 rings (SSSR count). The van der Waals surface area contributed by atoms with E-state index in [-0.39, 0.29) is 17.9 Å². The second-order valence-corrected chi connectivity index (χ2v) is 7.97. The third-order valence-electron chi connectivity index (χ3n) is 5.04.